The van der Waals surface area contributed by atoms with Gasteiger partial charge >= 0.3 is 6.03 Å². The van der Waals surface area contributed by atoms with Gasteiger partial charge in [0.1, 0.15) is 17.4 Å². The first kappa shape index (κ1) is 13.5. The number of benzene rings is 1. The minimum absolute atomic E-state index is 0.188. The second-order valence-corrected chi connectivity index (χ2v) is 5.16. The first-order valence-electron chi connectivity index (χ1n) is 6.96. The second-order valence-electron chi connectivity index (χ2n) is 5.16. The van der Waals surface area contributed by atoms with Crippen molar-refractivity contribution in [1.82, 2.24) is 10.2 Å². The van der Waals surface area contributed by atoms with E-state index in [0.717, 1.165) is 17.4 Å². The Kier molecular flexibility index (Phi) is 3.51. The predicted molar refractivity (Wildman–Crippen MR) is 77.4 cm³/mol. The molecule has 2 heterocycles. The molecule has 1 atom stereocenters. The highest BCUT2D eigenvalue weighted by Crippen LogP contribution is 2.19. The lowest BCUT2D eigenvalue weighted by atomic mass is 10.2. The Bertz CT molecular complexity index is 647. The highest BCUT2D eigenvalue weighted by Gasteiger charge is 2.32. The van der Waals surface area contributed by atoms with Crippen LogP contribution in [0.1, 0.15) is 18.6 Å². The third-order valence-corrected chi connectivity index (χ3v) is 3.75. The number of primary amides is 1. The van der Waals surface area contributed by atoms with Gasteiger partial charge in [0.15, 0.2) is 0 Å². The first-order valence-corrected chi connectivity index (χ1v) is 6.96. The van der Waals surface area contributed by atoms with Crippen LogP contribution in [0.25, 0.3) is 11.0 Å². The molecule has 6 nitrogen and oxygen atoms in total. The van der Waals surface area contributed by atoms with E-state index in [1.54, 1.807) is 0 Å². The van der Waals surface area contributed by atoms with Gasteiger partial charge in [0.2, 0.25) is 5.91 Å². The van der Waals surface area contributed by atoms with E-state index >= 15 is 0 Å². The number of nitrogens with one attached hydrogen (secondary N) is 1. The van der Waals surface area contributed by atoms with Crippen LogP contribution in [0.4, 0.5) is 4.79 Å². The number of amides is 3. The number of carbonyl (C=O) groups is 2. The summed E-state index contributed by atoms with van der Waals surface area (Å²) >= 11 is 0. The smallest absolute Gasteiger partial charge is 0.315 e. The molecule has 3 amide bonds. The Morgan fingerprint density at radius 1 is 1.38 bits per heavy atom. The molecule has 0 spiro atoms. The van der Waals surface area contributed by atoms with Gasteiger partial charge in [-0.05, 0) is 25.0 Å². The summed E-state index contributed by atoms with van der Waals surface area (Å²) in [5, 5.41) is 3.81. The average molecular weight is 287 g/mol. The summed E-state index contributed by atoms with van der Waals surface area (Å²) in [4.78, 5) is 24.8. The molecule has 110 valence electrons. The molecule has 1 aliphatic rings. The van der Waals surface area contributed by atoms with E-state index in [9.17, 15) is 9.59 Å². The van der Waals surface area contributed by atoms with Gasteiger partial charge in [-0.3, -0.25) is 4.79 Å². The molecule has 0 saturated carbocycles. The molecule has 3 rings (SSSR count). The summed E-state index contributed by atoms with van der Waals surface area (Å²) in [5.41, 5.74) is 6.07. The first-order chi connectivity index (χ1) is 10.1. The van der Waals surface area contributed by atoms with E-state index in [-0.39, 0.29) is 5.91 Å². The highest BCUT2D eigenvalue weighted by atomic mass is 16.3. The SMILES string of the molecule is NC(=O)N1CCC[C@H]1C(=O)NCc1cc2ccccc2o1. The van der Waals surface area contributed by atoms with Crippen molar-refractivity contribution in [3.8, 4) is 0 Å². The molecular weight excluding hydrogens is 270 g/mol. The summed E-state index contributed by atoms with van der Waals surface area (Å²) in [6.45, 7) is 0.842. The Balaban J connectivity index is 1.64. The topological polar surface area (TPSA) is 88.6 Å². The van der Waals surface area contributed by atoms with Crippen molar-refractivity contribution in [2.45, 2.75) is 25.4 Å². The molecule has 21 heavy (non-hydrogen) atoms. The minimum Gasteiger partial charge on any atom is -0.459 e. The predicted octanol–water partition coefficient (Wildman–Crippen LogP) is 1.59. The zero-order chi connectivity index (χ0) is 14.8. The number of para-hydroxylation sites is 1. The molecule has 0 unspecified atom stereocenters. The van der Waals surface area contributed by atoms with Crippen LogP contribution >= 0.6 is 0 Å². The highest BCUT2D eigenvalue weighted by molar-refractivity contribution is 5.87. The molecule has 2 aromatic rings. The number of nitrogens with two attached hydrogens (primary N) is 1. The lowest BCUT2D eigenvalue weighted by Crippen LogP contribution is -2.47. The number of furan rings is 1. The Morgan fingerprint density at radius 3 is 2.95 bits per heavy atom. The van der Waals surface area contributed by atoms with Crippen LogP contribution in [0.5, 0.6) is 0 Å². The molecule has 1 fully saturated rings. The van der Waals surface area contributed by atoms with Gasteiger partial charge in [-0.1, -0.05) is 18.2 Å². The molecule has 3 N–H and O–H groups in total. The number of fused-ring (bicyclic) bond motifs is 1. The monoisotopic (exact) mass is 287 g/mol. The molecule has 1 saturated heterocycles. The van der Waals surface area contributed by atoms with E-state index < -0.39 is 12.1 Å². The van der Waals surface area contributed by atoms with Crippen LogP contribution in [0.15, 0.2) is 34.7 Å². The van der Waals surface area contributed by atoms with Crippen LogP contribution in [0, 0.1) is 0 Å². The van der Waals surface area contributed by atoms with Crippen molar-refractivity contribution in [2.24, 2.45) is 5.73 Å². The fourth-order valence-electron chi connectivity index (χ4n) is 2.72. The largest absolute Gasteiger partial charge is 0.459 e. The van der Waals surface area contributed by atoms with Crippen LogP contribution in [-0.4, -0.2) is 29.4 Å². The molecule has 1 aromatic carbocycles. The maximum absolute atomic E-state index is 12.1. The second kappa shape index (κ2) is 5.47. The van der Waals surface area contributed by atoms with Crippen molar-refractivity contribution < 1.29 is 14.0 Å². The third kappa shape index (κ3) is 2.69. The van der Waals surface area contributed by atoms with Gasteiger partial charge in [-0.15, -0.1) is 0 Å². The normalized spacial score (nSPS) is 18.1. The Morgan fingerprint density at radius 2 is 2.19 bits per heavy atom. The van der Waals surface area contributed by atoms with Crippen LogP contribution < -0.4 is 11.1 Å². The summed E-state index contributed by atoms with van der Waals surface area (Å²) in [6.07, 6.45) is 1.45. The Hall–Kier alpha value is -2.50. The number of hydrogen-bond acceptors (Lipinski definition) is 3. The van der Waals surface area contributed by atoms with Crippen molar-refractivity contribution >= 4 is 22.9 Å². The van der Waals surface area contributed by atoms with Crippen LogP contribution in [0.3, 0.4) is 0 Å². The molecule has 1 aliphatic heterocycles. The maximum atomic E-state index is 12.1. The van der Waals surface area contributed by atoms with Gasteiger partial charge < -0.3 is 20.4 Å². The zero-order valence-electron chi connectivity index (χ0n) is 11.5. The van der Waals surface area contributed by atoms with E-state index in [1.807, 2.05) is 30.3 Å². The van der Waals surface area contributed by atoms with E-state index in [0.29, 0.717) is 25.3 Å². The average Bonchev–Trinajstić information content (AvgIpc) is 3.10. The van der Waals surface area contributed by atoms with Gasteiger partial charge in [0.05, 0.1) is 6.54 Å². The summed E-state index contributed by atoms with van der Waals surface area (Å²) in [7, 11) is 0. The van der Waals surface area contributed by atoms with Crippen molar-refractivity contribution in [3.05, 3.63) is 36.1 Å². The van der Waals surface area contributed by atoms with Gasteiger partial charge in [-0.25, -0.2) is 4.79 Å². The number of rotatable bonds is 3. The van der Waals surface area contributed by atoms with Crippen LogP contribution in [-0.2, 0) is 11.3 Å². The molecule has 0 bridgehead atoms. The molecule has 6 heteroatoms. The third-order valence-electron chi connectivity index (χ3n) is 3.75. The fourth-order valence-corrected chi connectivity index (χ4v) is 2.72. The molecule has 1 aromatic heterocycles. The standard InChI is InChI=1S/C15H17N3O3/c16-15(20)18-7-3-5-12(18)14(19)17-9-11-8-10-4-1-2-6-13(10)21-11/h1-2,4,6,8,12H,3,5,7,9H2,(H2,16,20)(H,17,19)/t12-/m0/s1. The molecule has 0 radical (unpaired) electrons. The summed E-state index contributed by atoms with van der Waals surface area (Å²) in [5.74, 6) is 0.500. The van der Waals surface area contributed by atoms with Crippen LogP contribution in [0.2, 0.25) is 0 Å². The number of nitrogens with zero attached hydrogens (tertiary/aromatic N) is 1. The maximum Gasteiger partial charge on any atom is 0.315 e. The summed E-state index contributed by atoms with van der Waals surface area (Å²) < 4.78 is 5.64. The van der Waals surface area contributed by atoms with E-state index in [4.69, 9.17) is 10.2 Å². The van der Waals surface area contributed by atoms with Crippen molar-refractivity contribution in [1.29, 1.82) is 0 Å². The van der Waals surface area contributed by atoms with E-state index in [1.165, 1.54) is 4.90 Å². The molecular formula is C15H17N3O3. The number of hydrogen-bond donors (Lipinski definition) is 2. The Labute approximate surface area is 121 Å². The number of likely N-dealkylation sites (tertiary alicyclic amines) is 1. The molecule has 0 aliphatic carbocycles. The minimum atomic E-state index is -0.545. The van der Waals surface area contributed by atoms with E-state index in [2.05, 4.69) is 5.32 Å². The zero-order valence-corrected chi connectivity index (χ0v) is 11.5. The lowest BCUT2D eigenvalue weighted by Gasteiger charge is -2.21. The van der Waals surface area contributed by atoms with Crippen molar-refractivity contribution in [3.63, 3.8) is 0 Å². The number of carbonyl (C=O) groups excluding carboxylic acids is 2. The lowest BCUT2D eigenvalue weighted by molar-refractivity contribution is -0.124. The quantitative estimate of drug-likeness (QED) is 0.898. The van der Waals surface area contributed by atoms with Gasteiger partial charge in [-0.2, -0.15) is 0 Å². The van der Waals surface area contributed by atoms with Gasteiger partial charge in [0, 0.05) is 11.9 Å². The number of urea groups is 1. The van der Waals surface area contributed by atoms with Crippen molar-refractivity contribution in [2.75, 3.05) is 6.54 Å². The van der Waals surface area contributed by atoms with Gasteiger partial charge in [0.25, 0.3) is 0 Å². The fraction of sp³-hybridized carbons (Fsp3) is 0.333. The summed E-state index contributed by atoms with van der Waals surface area (Å²) in [6, 6.07) is 8.56.